The first-order valence-corrected chi connectivity index (χ1v) is 8.08. The van der Waals surface area contributed by atoms with Crippen LogP contribution in [0.5, 0.6) is 0 Å². The van der Waals surface area contributed by atoms with Crippen LogP contribution in [0.4, 0.5) is 5.82 Å². The third-order valence-electron chi connectivity index (χ3n) is 4.34. The molecule has 1 aromatic carbocycles. The largest absolute Gasteiger partial charge is 0.369 e. The number of hydrogen-bond acceptors (Lipinski definition) is 4. The monoisotopic (exact) mass is 320 g/mol. The molecule has 1 amide bonds. The number of carbonyl (C=O) groups excluding carboxylic acids is 1. The number of carbonyl (C=O) groups is 1. The van der Waals surface area contributed by atoms with Crippen molar-refractivity contribution in [1.29, 1.82) is 5.26 Å². The number of hydrogen-bond donors (Lipinski definition) is 1. The lowest BCUT2D eigenvalue weighted by molar-refractivity contribution is -0.128. The summed E-state index contributed by atoms with van der Waals surface area (Å²) in [7, 11) is 0. The molecule has 1 N–H and O–H groups in total. The van der Waals surface area contributed by atoms with Crippen molar-refractivity contribution in [3.8, 4) is 6.07 Å². The van der Waals surface area contributed by atoms with Gasteiger partial charge in [-0.15, -0.1) is 0 Å². The number of rotatable bonds is 5. The third-order valence-corrected chi connectivity index (χ3v) is 4.34. The predicted octanol–water partition coefficient (Wildman–Crippen LogP) is 2.72. The quantitative estimate of drug-likeness (QED) is 0.919. The summed E-state index contributed by atoms with van der Waals surface area (Å²) < 4.78 is 0. The van der Waals surface area contributed by atoms with Crippen LogP contribution < -0.4 is 5.32 Å². The average molecular weight is 320 g/mol. The Hall–Kier alpha value is -2.87. The molecule has 2 heterocycles. The van der Waals surface area contributed by atoms with E-state index in [1.165, 1.54) is 0 Å². The first kappa shape index (κ1) is 16.0. The minimum Gasteiger partial charge on any atom is -0.369 e. The van der Waals surface area contributed by atoms with Crippen LogP contribution in [0.15, 0.2) is 42.6 Å². The molecule has 1 saturated heterocycles. The van der Waals surface area contributed by atoms with Gasteiger partial charge in [0, 0.05) is 38.2 Å². The molecule has 5 nitrogen and oxygen atoms in total. The highest BCUT2D eigenvalue weighted by Crippen LogP contribution is 2.22. The minimum atomic E-state index is 0.184. The van der Waals surface area contributed by atoms with Crippen molar-refractivity contribution < 1.29 is 4.79 Å². The van der Waals surface area contributed by atoms with Crippen molar-refractivity contribution in [2.75, 3.05) is 18.4 Å². The molecule has 0 aliphatic carbocycles. The van der Waals surface area contributed by atoms with Crippen LogP contribution in [-0.4, -0.2) is 28.9 Å². The van der Waals surface area contributed by atoms with Crippen molar-refractivity contribution in [3.05, 3.63) is 59.3 Å². The average Bonchev–Trinajstić information content (AvgIpc) is 2.94. The van der Waals surface area contributed by atoms with Crippen LogP contribution in [0.1, 0.15) is 23.1 Å². The molecule has 1 aliphatic heterocycles. The van der Waals surface area contributed by atoms with Crippen LogP contribution in [-0.2, 0) is 11.3 Å². The van der Waals surface area contributed by atoms with E-state index in [-0.39, 0.29) is 11.8 Å². The zero-order valence-corrected chi connectivity index (χ0v) is 13.7. The summed E-state index contributed by atoms with van der Waals surface area (Å²) in [5.74, 6) is 1.02. The molecule has 24 heavy (non-hydrogen) atoms. The molecule has 1 unspecified atom stereocenters. The van der Waals surface area contributed by atoms with Crippen molar-refractivity contribution in [1.82, 2.24) is 9.88 Å². The molecule has 3 rings (SSSR count). The summed E-state index contributed by atoms with van der Waals surface area (Å²) >= 11 is 0. The van der Waals surface area contributed by atoms with Gasteiger partial charge in [0.15, 0.2) is 0 Å². The van der Waals surface area contributed by atoms with Gasteiger partial charge >= 0.3 is 0 Å². The second kappa shape index (κ2) is 7.14. The summed E-state index contributed by atoms with van der Waals surface area (Å²) in [6.45, 7) is 3.92. The standard InChI is InChI=1S/C19H20N4O/c1-14-7-8-21-19(17(14)10-20)22-11-16-9-18(24)23(13-16)12-15-5-3-2-4-6-15/h2-8,16H,9,11-13H2,1H3,(H,21,22). The number of nitrogens with zero attached hydrogens (tertiary/aromatic N) is 3. The number of aromatic nitrogens is 1. The number of anilines is 1. The molecule has 0 bridgehead atoms. The number of amides is 1. The first-order chi connectivity index (χ1) is 11.7. The SMILES string of the molecule is Cc1ccnc(NCC2CC(=O)N(Cc3ccccc3)C2)c1C#N. The van der Waals surface area contributed by atoms with Gasteiger partial charge in [0.2, 0.25) is 5.91 Å². The van der Waals surface area contributed by atoms with Gasteiger partial charge in [0.05, 0.1) is 5.56 Å². The number of pyridine rings is 1. The van der Waals surface area contributed by atoms with Gasteiger partial charge in [-0.1, -0.05) is 30.3 Å². The Morgan fingerprint density at radius 2 is 2.12 bits per heavy atom. The van der Waals surface area contributed by atoms with E-state index in [9.17, 15) is 10.1 Å². The van der Waals surface area contributed by atoms with Gasteiger partial charge in [0.1, 0.15) is 11.9 Å². The second-order valence-corrected chi connectivity index (χ2v) is 6.17. The highest BCUT2D eigenvalue weighted by atomic mass is 16.2. The summed E-state index contributed by atoms with van der Waals surface area (Å²) in [5.41, 5.74) is 2.62. The fourth-order valence-electron chi connectivity index (χ4n) is 3.02. The molecule has 1 aliphatic rings. The Labute approximate surface area is 141 Å². The van der Waals surface area contributed by atoms with E-state index in [0.717, 1.165) is 17.7 Å². The lowest BCUT2D eigenvalue weighted by atomic mass is 10.1. The Balaban J connectivity index is 1.59. The molecule has 5 heteroatoms. The number of benzene rings is 1. The first-order valence-electron chi connectivity index (χ1n) is 8.08. The van der Waals surface area contributed by atoms with Crippen molar-refractivity contribution >= 4 is 11.7 Å². The number of nitrogens with one attached hydrogen (secondary N) is 1. The molecule has 122 valence electrons. The molecule has 1 fully saturated rings. The van der Waals surface area contributed by atoms with Crippen LogP contribution >= 0.6 is 0 Å². The van der Waals surface area contributed by atoms with Gasteiger partial charge in [-0.25, -0.2) is 4.98 Å². The van der Waals surface area contributed by atoms with E-state index >= 15 is 0 Å². The van der Waals surface area contributed by atoms with Gasteiger partial charge in [-0.3, -0.25) is 4.79 Å². The van der Waals surface area contributed by atoms with E-state index in [1.54, 1.807) is 6.20 Å². The Morgan fingerprint density at radius 1 is 1.33 bits per heavy atom. The Kier molecular flexibility index (Phi) is 4.76. The Bertz CT molecular complexity index is 767. The molecule has 0 spiro atoms. The third kappa shape index (κ3) is 3.54. The molecule has 1 aromatic heterocycles. The molecule has 0 saturated carbocycles. The van der Waals surface area contributed by atoms with Crippen LogP contribution in [0, 0.1) is 24.2 Å². The normalized spacial score (nSPS) is 16.9. The van der Waals surface area contributed by atoms with Gasteiger partial charge in [-0.2, -0.15) is 5.26 Å². The highest BCUT2D eigenvalue weighted by molar-refractivity contribution is 5.78. The van der Waals surface area contributed by atoms with Crippen LogP contribution in [0.25, 0.3) is 0 Å². The molecule has 0 radical (unpaired) electrons. The molecular formula is C19H20N4O. The fourth-order valence-corrected chi connectivity index (χ4v) is 3.02. The summed E-state index contributed by atoms with van der Waals surface area (Å²) in [6.07, 6.45) is 2.23. The van der Waals surface area contributed by atoms with E-state index in [2.05, 4.69) is 16.4 Å². The topological polar surface area (TPSA) is 69.0 Å². The fraction of sp³-hybridized carbons (Fsp3) is 0.316. The van der Waals surface area contributed by atoms with E-state index in [1.807, 2.05) is 48.2 Å². The summed E-state index contributed by atoms with van der Waals surface area (Å²) in [5, 5.41) is 12.5. The van der Waals surface area contributed by atoms with Gasteiger partial charge in [-0.05, 0) is 24.1 Å². The van der Waals surface area contributed by atoms with Gasteiger partial charge < -0.3 is 10.2 Å². The van der Waals surface area contributed by atoms with Crippen molar-refractivity contribution in [2.24, 2.45) is 5.92 Å². The predicted molar refractivity (Wildman–Crippen MR) is 92.1 cm³/mol. The maximum absolute atomic E-state index is 12.2. The lowest BCUT2D eigenvalue weighted by Gasteiger charge is -2.17. The molecule has 2 aromatic rings. The molecule has 1 atom stereocenters. The van der Waals surface area contributed by atoms with Crippen LogP contribution in [0.3, 0.4) is 0 Å². The van der Waals surface area contributed by atoms with E-state index in [0.29, 0.717) is 30.9 Å². The van der Waals surface area contributed by atoms with E-state index < -0.39 is 0 Å². The number of nitriles is 1. The van der Waals surface area contributed by atoms with Gasteiger partial charge in [0.25, 0.3) is 0 Å². The Morgan fingerprint density at radius 3 is 2.88 bits per heavy atom. The maximum atomic E-state index is 12.2. The smallest absolute Gasteiger partial charge is 0.223 e. The second-order valence-electron chi connectivity index (χ2n) is 6.17. The molecular weight excluding hydrogens is 300 g/mol. The minimum absolute atomic E-state index is 0.184. The zero-order valence-electron chi connectivity index (χ0n) is 13.7. The number of aryl methyl sites for hydroxylation is 1. The lowest BCUT2D eigenvalue weighted by Crippen LogP contribution is -2.25. The number of likely N-dealkylation sites (tertiary alicyclic amines) is 1. The van der Waals surface area contributed by atoms with Crippen molar-refractivity contribution in [3.63, 3.8) is 0 Å². The maximum Gasteiger partial charge on any atom is 0.223 e. The zero-order chi connectivity index (χ0) is 16.9. The highest BCUT2D eigenvalue weighted by Gasteiger charge is 2.29. The summed E-state index contributed by atoms with van der Waals surface area (Å²) in [4.78, 5) is 18.4. The van der Waals surface area contributed by atoms with Crippen LogP contribution in [0.2, 0.25) is 0 Å². The van der Waals surface area contributed by atoms with E-state index in [4.69, 9.17) is 0 Å². The van der Waals surface area contributed by atoms with Crippen molar-refractivity contribution in [2.45, 2.75) is 19.9 Å². The summed E-state index contributed by atoms with van der Waals surface area (Å²) in [6, 6.07) is 14.0.